The lowest BCUT2D eigenvalue weighted by Gasteiger charge is -2.21. The highest BCUT2D eigenvalue weighted by Crippen LogP contribution is 2.34. The molecule has 0 atom stereocenters. The lowest BCUT2D eigenvalue weighted by atomic mass is 9.96. The zero-order valence-electron chi connectivity index (χ0n) is 25.8. The molecule has 1 fully saturated rings. The van der Waals surface area contributed by atoms with Crippen LogP contribution in [-0.4, -0.2) is 85.9 Å². The van der Waals surface area contributed by atoms with Crippen molar-refractivity contribution in [2.24, 2.45) is 5.73 Å². The van der Waals surface area contributed by atoms with E-state index in [0.29, 0.717) is 10.6 Å². The Hall–Kier alpha value is -3.32. The van der Waals surface area contributed by atoms with Gasteiger partial charge in [-0.1, -0.05) is 19.3 Å². The molecule has 4 heterocycles. The normalized spacial score (nSPS) is 13.5. The van der Waals surface area contributed by atoms with Gasteiger partial charge in [-0.15, -0.1) is 11.3 Å². The van der Waals surface area contributed by atoms with Crippen LogP contribution in [0.4, 0.5) is 14.5 Å². The second-order valence-corrected chi connectivity index (χ2v) is 12.3. The number of amides is 1. The molecule has 0 unspecified atom stereocenters. The fourth-order valence-corrected chi connectivity index (χ4v) is 5.17. The number of nitrogens with two attached hydrogens (primary N) is 1. The van der Waals surface area contributed by atoms with Crippen LogP contribution in [0, 0.1) is 11.8 Å². The molecule has 0 radical (unpaired) electrons. The first kappa shape index (κ1) is 38.1. The third kappa shape index (κ3) is 11.4. The molecule has 0 saturated heterocycles. The molecule has 258 valence electrons. The summed E-state index contributed by atoms with van der Waals surface area (Å²) in [6.45, 7) is 3.00. The minimum atomic E-state index is -2.51. The summed E-state index contributed by atoms with van der Waals surface area (Å²) in [6, 6.07) is 1.99. The zero-order valence-corrected chi connectivity index (χ0v) is 27.5. The SMILES string of the molecule is CC(N)(CO)CO.CCO.O=C(Nc1cn(C2CCCCC2)nc1-c1nc(F)ccc1F)c1csc(-c2cnn(COP(O)O)c2)n1. The van der Waals surface area contributed by atoms with E-state index in [2.05, 4.69) is 25.5 Å². The Labute approximate surface area is 274 Å². The van der Waals surface area contributed by atoms with Gasteiger partial charge in [-0.2, -0.15) is 14.6 Å². The van der Waals surface area contributed by atoms with E-state index in [1.54, 1.807) is 36.3 Å². The highest BCUT2D eigenvalue weighted by molar-refractivity contribution is 7.39. The summed E-state index contributed by atoms with van der Waals surface area (Å²) >= 11 is 1.21. The Morgan fingerprint density at radius 2 is 1.81 bits per heavy atom. The standard InChI is InChI=1S/C22H22F2N7O4PS.C4H11NO2.C2H6O/c23-15-6-7-18(24)28-19(15)20-16(10-31(29-20)14-4-2-1-3-5-14)26-21(32)17-11-37-22(27-17)13-8-25-30(9-13)12-35-36(33)34;1-4(5,2-6)3-7;1-2-3/h6-11,14,33-34H,1-5,12H2,(H,26,32);6-7H,2-3,5H2,1H3;3H,2H2,1H3. The molecule has 19 heteroatoms. The maximum Gasteiger partial charge on any atom is 0.328 e. The predicted octanol–water partition coefficient (Wildman–Crippen LogP) is 3.17. The second kappa shape index (κ2) is 18.3. The highest BCUT2D eigenvalue weighted by Gasteiger charge is 2.24. The summed E-state index contributed by atoms with van der Waals surface area (Å²) in [7, 11) is -2.51. The van der Waals surface area contributed by atoms with Gasteiger partial charge < -0.3 is 36.2 Å². The van der Waals surface area contributed by atoms with E-state index in [1.165, 1.54) is 22.2 Å². The number of aliphatic hydroxyl groups excluding tert-OH is 3. The van der Waals surface area contributed by atoms with Crippen molar-refractivity contribution in [3.8, 4) is 22.0 Å². The van der Waals surface area contributed by atoms with Crippen LogP contribution in [0.2, 0.25) is 0 Å². The number of hydrogen-bond donors (Lipinski definition) is 7. The molecule has 47 heavy (non-hydrogen) atoms. The van der Waals surface area contributed by atoms with Gasteiger partial charge in [0, 0.05) is 29.9 Å². The number of carbonyl (C=O) groups is 1. The van der Waals surface area contributed by atoms with Crippen molar-refractivity contribution in [3.63, 3.8) is 0 Å². The summed E-state index contributed by atoms with van der Waals surface area (Å²) in [5.74, 6) is -2.16. The zero-order chi connectivity index (χ0) is 34.6. The van der Waals surface area contributed by atoms with Crippen LogP contribution < -0.4 is 11.1 Å². The Morgan fingerprint density at radius 1 is 1.13 bits per heavy atom. The number of hydrogen-bond acceptors (Lipinski definition) is 13. The first-order valence-electron chi connectivity index (χ1n) is 14.5. The first-order chi connectivity index (χ1) is 22.4. The molecule has 1 saturated carbocycles. The lowest BCUT2D eigenvalue weighted by molar-refractivity contribution is 0.102. The van der Waals surface area contributed by atoms with Crippen molar-refractivity contribution in [2.45, 2.75) is 64.3 Å². The van der Waals surface area contributed by atoms with Gasteiger partial charge in [0.2, 0.25) is 5.95 Å². The van der Waals surface area contributed by atoms with Crippen molar-refractivity contribution in [1.29, 1.82) is 0 Å². The lowest BCUT2D eigenvalue weighted by Crippen LogP contribution is -2.43. The quantitative estimate of drug-likeness (QED) is 0.0935. The molecule has 15 nitrogen and oxygen atoms in total. The number of pyridine rings is 1. The second-order valence-electron chi connectivity index (χ2n) is 10.7. The van der Waals surface area contributed by atoms with E-state index in [4.69, 9.17) is 35.4 Å². The van der Waals surface area contributed by atoms with Gasteiger partial charge in [-0.25, -0.2) is 19.0 Å². The summed E-state index contributed by atoms with van der Waals surface area (Å²) < 4.78 is 36.2. The van der Waals surface area contributed by atoms with E-state index in [0.717, 1.165) is 44.2 Å². The molecule has 1 aliphatic rings. The number of anilines is 1. The average Bonchev–Trinajstić information content (AvgIpc) is 3.83. The van der Waals surface area contributed by atoms with Crippen LogP contribution in [0.3, 0.4) is 0 Å². The Morgan fingerprint density at radius 3 is 2.43 bits per heavy atom. The fraction of sp³-hybridized carbons (Fsp3) is 0.464. The van der Waals surface area contributed by atoms with Crippen LogP contribution in [0.15, 0.2) is 36.1 Å². The number of thiazole rings is 1. The number of halogens is 2. The van der Waals surface area contributed by atoms with Crippen molar-refractivity contribution in [3.05, 3.63) is 53.6 Å². The maximum atomic E-state index is 14.6. The van der Waals surface area contributed by atoms with E-state index in [-0.39, 0.29) is 55.4 Å². The number of rotatable bonds is 10. The first-order valence-corrected chi connectivity index (χ1v) is 16.6. The fourth-order valence-electron chi connectivity index (χ4n) is 4.18. The molecular formula is C28H39F2N8O7PS. The van der Waals surface area contributed by atoms with Crippen molar-refractivity contribution in [2.75, 3.05) is 25.1 Å². The number of aliphatic hydroxyl groups is 3. The number of carbonyl (C=O) groups excluding carboxylic acids is 1. The van der Waals surface area contributed by atoms with Gasteiger partial charge in [0.05, 0.1) is 36.7 Å². The summed E-state index contributed by atoms with van der Waals surface area (Å²) in [6.07, 6.45) is 9.75. The largest absolute Gasteiger partial charge is 0.397 e. The van der Waals surface area contributed by atoms with Gasteiger partial charge >= 0.3 is 8.60 Å². The summed E-state index contributed by atoms with van der Waals surface area (Å²) in [5.41, 5.74) is 5.09. The minimum absolute atomic E-state index is 0.0420. The Balaban J connectivity index is 0.000000526. The third-order valence-corrected chi connectivity index (χ3v) is 7.85. The predicted molar refractivity (Wildman–Crippen MR) is 171 cm³/mol. The molecule has 0 aliphatic heterocycles. The molecule has 0 bridgehead atoms. The smallest absolute Gasteiger partial charge is 0.328 e. The topological polar surface area (TPSA) is 227 Å². The monoisotopic (exact) mass is 700 g/mol. The Kier molecular flexibility index (Phi) is 14.8. The average molecular weight is 701 g/mol. The molecule has 1 amide bonds. The third-order valence-electron chi connectivity index (χ3n) is 6.61. The molecule has 0 aromatic carbocycles. The van der Waals surface area contributed by atoms with Crippen molar-refractivity contribution in [1.82, 2.24) is 29.5 Å². The van der Waals surface area contributed by atoms with Gasteiger partial charge in [-0.3, -0.25) is 14.0 Å². The van der Waals surface area contributed by atoms with Gasteiger partial charge in [0.1, 0.15) is 28.8 Å². The molecular weight excluding hydrogens is 661 g/mol. The number of nitrogens with one attached hydrogen (secondary N) is 1. The van der Waals surface area contributed by atoms with E-state index >= 15 is 0 Å². The molecule has 4 aromatic rings. The van der Waals surface area contributed by atoms with Crippen LogP contribution in [0.25, 0.3) is 22.0 Å². The van der Waals surface area contributed by atoms with E-state index < -0.39 is 31.8 Å². The number of nitrogens with zero attached hydrogens (tertiary/aromatic N) is 6. The molecule has 4 aromatic heterocycles. The van der Waals surface area contributed by atoms with E-state index in [1.807, 2.05) is 0 Å². The van der Waals surface area contributed by atoms with Crippen LogP contribution in [-0.2, 0) is 11.3 Å². The minimum Gasteiger partial charge on any atom is -0.397 e. The van der Waals surface area contributed by atoms with Crippen molar-refractivity contribution >= 4 is 31.5 Å². The summed E-state index contributed by atoms with van der Waals surface area (Å²) in [5, 5.41) is 37.5. The summed E-state index contributed by atoms with van der Waals surface area (Å²) in [4.78, 5) is 38.9. The van der Waals surface area contributed by atoms with Crippen molar-refractivity contribution < 1.29 is 43.2 Å². The number of aromatic nitrogens is 6. The van der Waals surface area contributed by atoms with Crippen LogP contribution in [0.1, 0.15) is 62.5 Å². The van der Waals surface area contributed by atoms with Gasteiger partial charge in [-0.05, 0) is 38.8 Å². The van der Waals surface area contributed by atoms with E-state index in [9.17, 15) is 13.6 Å². The molecule has 0 spiro atoms. The Bertz CT molecular complexity index is 1560. The molecule has 5 rings (SSSR count). The molecule has 1 aliphatic carbocycles. The molecule has 8 N–H and O–H groups in total. The highest BCUT2D eigenvalue weighted by atomic mass is 32.1. The van der Waals surface area contributed by atoms with Gasteiger partial charge in [0.25, 0.3) is 5.91 Å². The van der Waals surface area contributed by atoms with Crippen LogP contribution in [0.5, 0.6) is 0 Å². The maximum absolute atomic E-state index is 14.6. The van der Waals surface area contributed by atoms with Gasteiger partial charge in [0.15, 0.2) is 5.82 Å². The van der Waals surface area contributed by atoms with Crippen LogP contribution >= 0.6 is 19.9 Å².